The SMILES string of the molecule is CCCCC[C@H](NC(=O)[C@@H](NCCNC(=O)CCOCCNC(=O)CCN1C(=O)C=CC1=O)C(C)C)C(=O)Nc1ccc(COC(=O)N(C)C)cc1. The van der Waals surface area contributed by atoms with Crippen LogP contribution in [-0.4, -0.2) is 117 Å². The van der Waals surface area contributed by atoms with Gasteiger partial charge in [0.2, 0.25) is 23.6 Å². The predicted molar refractivity (Wildman–Crippen MR) is 194 cm³/mol. The molecular weight excluding hydrogens is 674 g/mol. The number of hydrogen-bond donors (Lipinski definition) is 5. The third-order valence-electron chi connectivity index (χ3n) is 7.94. The summed E-state index contributed by atoms with van der Waals surface area (Å²) in [6.07, 6.45) is 5.08. The van der Waals surface area contributed by atoms with Crippen LogP contribution in [0.3, 0.4) is 0 Å². The van der Waals surface area contributed by atoms with Crippen LogP contribution in [0.25, 0.3) is 0 Å². The van der Waals surface area contributed by atoms with Gasteiger partial charge in [-0.2, -0.15) is 0 Å². The molecule has 1 aliphatic rings. The Morgan fingerprint density at radius 3 is 2.12 bits per heavy atom. The molecule has 16 heteroatoms. The zero-order valence-electron chi connectivity index (χ0n) is 31.0. The van der Waals surface area contributed by atoms with Gasteiger partial charge in [-0.1, -0.05) is 52.2 Å². The average Bonchev–Trinajstić information content (AvgIpc) is 3.43. The highest BCUT2D eigenvalue weighted by Gasteiger charge is 2.27. The van der Waals surface area contributed by atoms with Crippen molar-refractivity contribution in [3.05, 3.63) is 42.0 Å². The molecule has 1 aromatic carbocycles. The minimum Gasteiger partial charge on any atom is -0.445 e. The monoisotopic (exact) mass is 729 g/mol. The molecule has 0 saturated carbocycles. The predicted octanol–water partition coefficient (Wildman–Crippen LogP) is 1.46. The van der Waals surface area contributed by atoms with E-state index in [1.54, 1.807) is 38.4 Å². The summed E-state index contributed by atoms with van der Waals surface area (Å²) in [7, 11) is 3.20. The number of imide groups is 1. The van der Waals surface area contributed by atoms with Gasteiger partial charge in [0.1, 0.15) is 12.6 Å². The maximum atomic E-state index is 13.4. The largest absolute Gasteiger partial charge is 0.445 e. The van der Waals surface area contributed by atoms with Crippen LogP contribution in [0.1, 0.15) is 64.9 Å². The summed E-state index contributed by atoms with van der Waals surface area (Å²) in [5.74, 6) is -2.18. The van der Waals surface area contributed by atoms with Crippen molar-refractivity contribution in [3.8, 4) is 0 Å². The third-order valence-corrected chi connectivity index (χ3v) is 7.94. The van der Waals surface area contributed by atoms with Crippen molar-refractivity contribution in [2.24, 2.45) is 5.92 Å². The molecule has 2 rings (SSSR count). The fraction of sp³-hybridized carbons (Fsp3) is 0.583. The van der Waals surface area contributed by atoms with Gasteiger partial charge >= 0.3 is 6.09 Å². The quantitative estimate of drug-likeness (QED) is 0.0766. The molecule has 0 aromatic heterocycles. The molecule has 0 spiro atoms. The normalized spacial score (nSPS) is 13.5. The number of anilines is 1. The maximum absolute atomic E-state index is 13.4. The fourth-order valence-corrected chi connectivity index (χ4v) is 4.95. The molecular formula is C36H55N7O9. The number of benzene rings is 1. The Bertz CT molecular complexity index is 1360. The van der Waals surface area contributed by atoms with Gasteiger partial charge < -0.3 is 41.0 Å². The second-order valence-corrected chi connectivity index (χ2v) is 12.8. The molecule has 1 aliphatic heterocycles. The Morgan fingerprint density at radius 1 is 0.827 bits per heavy atom. The number of amides is 7. The Hall–Kier alpha value is -4.83. The van der Waals surface area contributed by atoms with Gasteiger partial charge in [0.15, 0.2) is 0 Å². The lowest BCUT2D eigenvalue weighted by Gasteiger charge is -2.25. The number of ether oxygens (including phenoxy) is 2. The van der Waals surface area contributed by atoms with Crippen LogP contribution >= 0.6 is 0 Å². The van der Waals surface area contributed by atoms with Gasteiger partial charge in [-0.05, 0) is 30.0 Å². The van der Waals surface area contributed by atoms with Crippen molar-refractivity contribution in [2.75, 3.05) is 58.8 Å². The van der Waals surface area contributed by atoms with Gasteiger partial charge in [-0.15, -0.1) is 0 Å². The summed E-state index contributed by atoms with van der Waals surface area (Å²) in [6, 6.07) is 5.59. The fourth-order valence-electron chi connectivity index (χ4n) is 4.95. The summed E-state index contributed by atoms with van der Waals surface area (Å²) in [5.41, 5.74) is 1.31. The minimum absolute atomic E-state index is 0.00288. The Balaban J connectivity index is 1.71. The van der Waals surface area contributed by atoms with Gasteiger partial charge in [0.25, 0.3) is 11.8 Å². The highest BCUT2D eigenvalue weighted by atomic mass is 16.6. The first-order valence-electron chi connectivity index (χ1n) is 17.7. The number of nitrogens with zero attached hydrogens (tertiary/aromatic N) is 2. The van der Waals surface area contributed by atoms with Crippen molar-refractivity contribution >= 4 is 47.2 Å². The van der Waals surface area contributed by atoms with E-state index in [0.717, 1.165) is 29.7 Å². The third kappa shape index (κ3) is 16.5. The van der Waals surface area contributed by atoms with Crippen molar-refractivity contribution < 1.29 is 43.0 Å². The molecule has 5 N–H and O–H groups in total. The van der Waals surface area contributed by atoms with Crippen LogP contribution in [0, 0.1) is 5.92 Å². The van der Waals surface area contributed by atoms with Gasteiger partial charge in [0, 0.05) is 71.0 Å². The van der Waals surface area contributed by atoms with Crippen molar-refractivity contribution in [1.29, 1.82) is 0 Å². The first kappa shape index (κ1) is 43.3. The van der Waals surface area contributed by atoms with E-state index in [1.165, 1.54) is 17.1 Å². The van der Waals surface area contributed by atoms with Crippen LogP contribution in [0.2, 0.25) is 0 Å². The molecule has 1 heterocycles. The number of hydrogen-bond acceptors (Lipinski definition) is 10. The van der Waals surface area contributed by atoms with E-state index in [1.807, 2.05) is 13.8 Å². The zero-order chi connectivity index (χ0) is 38.5. The Morgan fingerprint density at radius 2 is 1.48 bits per heavy atom. The number of unbranched alkanes of at least 4 members (excludes halogenated alkanes) is 2. The summed E-state index contributed by atoms with van der Waals surface area (Å²) in [5, 5.41) is 14.4. The molecule has 1 aromatic rings. The highest BCUT2D eigenvalue weighted by Crippen LogP contribution is 2.14. The lowest BCUT2D eigenvalue weighted by atomic mass is 10.0. The van der Waals surface area contributed by atoms with E-state index < -0.39 is 30.0 Å². The summed E-state index contributed by atoms with van der Waals surface area (Å²) >= 11 is 0. The minimum atomic E-state index is -0.750. The van der Waals surface area contributed by atoms with E-state index >= 15 is 0 Å². The average molecular weight is 730 g/mol. The molecule has 7 amide bonds. The number of rotatable bonds is 24. The topological polar surface area (TPSA) is 205 Å². The summed E-state index contributed by atoms with van der Waals surface area (Å²) in [6.45, 7) is 7.10. The lowest BCUT2D eigenvalue weighted by molar-refractivity contribution is -0.137. The van der Waals surface area contributed by atoms with Gasteiger partial charge in [-0.25, -0.2) is 4.79 Å². The molecule has 0 aliphatic carbocycles. The smallest absolute Gasteiger partial charge is 0.409 e. The Kier molecular flexibility index (Phi) is 19.7. The van der Waals surface area contributed by atoms with Crippen molar-refractivity contribution in [2.45, 2.75) is 78.0 Å². The molecule has 0 radical (unpaired) electrons. The van der Waals surface area contributed by atoms with E-state index in [4.69, 9.17) is 9.47 Å². The van der Waals surface area contributed by atoms with Crippen LogP contribution in [-0.2, 0) is 44.8 Å². The van der Waals surface area contributed by atoms with Crippen molar-refractivity contribution in [1.82, 2.24) is 31.1 Å². The van der Waals surface area contributed by atoms with Crippen LogP contribution < -0.4 is 26.6 Å². The summed E-state index contributed by atoms with van der Waals surface area (Å²) in [4.78, 5) is 87.9. The molecule has 0 saturated heterocycles. The molecule has 2 atom stereocenters. The van der Waals surface area contributed by atoms with Gasteiger partial charge in [0.05, 0.1) is 19.3 Å². The van der Waals surface area contributed by atoms with Crippen molar-refractivity contribution in [3.63, 3.8) is 0 Å². The molecule has 0 bridgehead atoms. The van der Waals surface area contributed by atoms with Crippen LogP contribution in [0.15, 0.2) is 36.4 Å². The number of nitrogens with one attached hydrogen (secondary N) is 5. The van der Waals surface area contributed by atoms with Crippen LogP contribution in [0.4, 0.5) is 10.5 Å². The first-order valence-corrected chi connectivity index (χ1v) is 17.7. The molecule has 0 fully saturated rings. The molecule has 0 unspecified atom stereocenters. The zero-order valence-corrected chi connectivity index (χ0v) is 31.0. The highest BCUT2D eigenvalue weighted by molar-refractivity contribution is 6.13. The van der Waals surface area contributed by atoms with E-state index in [9.17, 15) is 33.6 Å². The lowest BCUT2D eigenvalue weighted by Crippen LogP contribution is -2.54. The number of carbonyl (C=O) groups excluding carboxylic acids is 7. The molecule has 288 valence electrons. The van der Waals surface area contributed by atoms with E-state index in [-0.39, 0.29) is 81.8 Å². The first-order chi connectivity index (χ1) is 24.8. The molecule has 52 heavy (non-hydrogen) atoms. The molecule has 16 nitrogen and oxygen atoms in total. The van der Waals surface area contributed by atoms with Crippen LogP contribution in [0.5, 0.6) is 0 Å². The standard InChI is InChI=1S/C36H55N7O9/c1-6-7-8-9-28(34(48)40-27-12-10-26(11-13-27)24-52-36(50)42(4)5)41-35(49)33(25(2)3)39-19-18-37-30(45)17-22-51-23-20-38-29(44)16-21-43-31(46)14-15-32(43)47/h10-15,25,28,33,39H,6-9,16-24H2,1-5H3,(H,37,45)(H,38,44)(H,40,48)(H,41,49)/t28-,33-/m0/s1. The maximum Gasteiger partial charge on any atom is 0.409 e. The Labute approximate surface area is 305 Å². The van der Waals surface area contributed by atoms with E-state index in [2.05, 4.69) is 33.5 Å². The van der Waals surface area contributed by atoms with Gasteiger partial charge in [-0.3, -0.25) is 33.7 Å². The second kappa shape index (κ2) is 23.6. The number of carbonyl (C=O) groups is 7. The van der Waals surface area contributed by atoms with E-state index in [0.29, 0.717) is 18.7 Å². The second-order valence-electron chi connectivity index (χ2n) is 12.8. The summed E-state index contributed by atoms with van der Waals surface area (Å²) < 4.78 is 10.6.